The molecule has 0 aliphatic carbocycles. The normalized spacial score (nSPS) is 13.9. The van der Waals surface area contributed by atoms with Crippen molar-refractivity contribution in [2.45, 2.75) is 32.1 Å². The second kappa shape index (κ2) is 7.93. The first-order valence-electron chi connectivity index (χ1n) is 7.34. The Morgan fingerprint density at radius 2 is 1.71 bits per heavy atom. The Morgan fingerprint density at radius 3 is 2.43 bits per heavy atom. The lowest BCUT2D eigenvalue weighted by molar-refractivity contribution is 0.168. The Labute approximate surface area is 126 Å². The Bertz CT molecular complexity index is 542. The summed E-state index contributed by atoms with van der Waals surface area (Å²) < 4.78 is 0. The van der Waals surface area contributed by atoms with Gasteiger partial charge in [0.1, 0.15) is 0 Å². The van der Waals surface area contributed by atoms with Crippen LogP contribution in [0.1, 0.15) is 29.7 Å². The maximum atomic E-state index is 10.1. The van der Waals surface area contributed by atoms with Crippen molar-refractivity contribution >= 4 is 0 Å². The van der Waals surface area contributed by atoms with E-state index < -0.39 is 6.10 Å². The molecule has 0 heterocycles. The zero-order valence-corrected chi connectivity index (χ0v) is 12.4. The van der Waals surface area contributed by atoms with E-state index in [1.165, 1.54) is 0 Å². The summed E-state index contributed by atoms with van der Waals surface area (Å²) in [6, 6.07) is 18.0. The van der Waals surface area contributed by atoms with E-state index in [4.69, 9.17) is 5.11 Å². The van der Waals surface area contributed by atoms with Gasteiger partial charge in [0.15, 0.2) is 0 Å². The maximum Gasteiger partial charge on any atom is 0.0705 e. The second-order valence-electron chi connectivity index (χ2n) is 5.38. The number of aliphatic hydroxyl groups is 2. The summed E-state index contributed by atoms with van der Waals surface area (Å²) in [4.78, 5) is 0. The van der Waals surface area contributed by atoms with Crippen LogP contribution in [0.25, 0.3) is 0 Å². The Hall–Kier alpha value is -1.68. The van der Waals surface area contributed by atoms with E-state index >= 15 is 0 Å². The lowest BCUT2D eigenvalue weighted by atomic mass is 10.0. The van der Waals surface area contributed by atoms with Gasteiger partial charge in [0.05, 0.1) is 12.7 Å². The molecule has 2 unspecified atom stereocenters. The van der Waals surface area contributed by atoms with Crippen molar-refractivity contribution < 1.29 is 10.2 Å². The topological polar surface area (TPSA) is 52.5 Å². The molecule has 21 heavy (non-hydrogen) atoms. The van der Waals surface area contributed by atoms with Crippen LogP contribution in [-0.4, -0.2) is 22.9 Å². The summed E-state index contributed by atoms with van der Waals surface area (Å²) in [5.74, 6) is 0. The summed E-state index contributed by atoms with van der Waals surface area (Å²) in [5.41, 5.74) is 3.17. The number of hydrogen-bond acceptors (Lipinski definition) is 3. The van der Waals surface area contributed by atoms with E-state index in [-0.39, 0.29) is 12.6 Å². The molecule has 2 aromatic carbocycles. The van der Waals surface area contributed by atoms with Crippen molar-refractivity contribution in [2.24, 2.45) is 0 Å². The maximum absolute atomic E-state index is 10.1. The first-order chi connectivity index (χ1) is 10.2. The van der Waals surface area contributed by atoms with Crippen molar-refractivity contribution in [1.29, 1.82) is 0 Å². The second-order valence-corrected chi connectivity index (χ2v) is 5.38. The first-order valence-corrected chi connectivity index (χ1v) is 7.34. The van der Waals surface area contributed by atoms with Crippen molar-refractivity contribution in [2.75, 3.05) is 6.54 Å². The molecule has 0 aromatic heterocycles. The van der Waals surface area contributed by atoms with Gasteiger partial charge in [-0.1, -0.05) is 54.6 Å². The van der Waals surface area contributed by atoms with Gasteiger partial charge in [-0.05, 0) is 30.0 Å². The standard InChI is InChI=1S/C18H23NO2/c1-14(17-9-5-8-16(10-17)13-20)19-12-18(21)11-15-6-3-2-4-7-15/h2-10,14,18-21H,11-13H2,1H3. The lowest BCUT2D eigenvalue weighted by Gasteiger charge is -2.18. The SMILES string of the molecule is CC(NCC(O)Cc1ccccc1)c1cccc(CO)c1. The van der Waals surface area contributed by atoms with Gasteiger partial charge in [0.2, 0.25) is 0 Å². The fourth-order valence-corrected chi connectivity index (χ4v) is 2.35. The zero-order chi connectivity index (χ0) is 15.1. The fraction of sp³-hybridized carbons (Fsp3) is 0.333. The first kappa shape index (κ1) is 15.7. The third-order valence-corrected chi connectivity index (χ3v) is 3.61. The van der Waals surface area contributed by atoms with E-state index in [0.717, 1.165) is 16.7 Å². The molecule has 2 aromatic rings. The van der Waals surface area contributed by atoms with E-state index in [2.05, 4.69) is 12.2 Å². The molecule has 0 fully saturated rings. The van der Waals surface area contributed by atoms with Gasteiger partial charge in [-0.2, -0.15) is 0 Å². The molecule has 112 valence electrons. The van der Waals surface area contributed by atoms with Gasteiger partial charge in [0.25, 0.3) is 0 Å². The van der Waals surface area contributed by atoms with Crippen LogP contribution < -0.4 is 5.32 Å². The molecule has 3 heteroatoms. The summed E-state index contributed by atoms with van der Waals surface area (Å²) in [7, 11) is 0. The summed E-state index contributed by atoms with van der Waals surface area (Å²) >= 11 is 0. The van der Waals surface area contributed by atoms with Gasteiger partial charge in [-0.15, -0.1) is 0 Å². The fourth-order valence-electron chi connectivity index (χ4n) is 2.35. The van der Waals surface area contributed by atoms with Crippen molar-refractivity contribution in [3.05, 3.63) is 71.3 Å². The van der Waals surface area contributed by atoms with Crippen LogP contribution in [-0.2, 0) is 13.0 Å². The van der Waals surface area contributed by atoms with E-state index in [1.807, 2.05) is 54.6 Å². The highest BCUT2D eigenvalue weighted by atomic mass is 16.3. The molecule has 0 radical (unpaired) electrons. The Morgan fingerprint density at radius 1 is 1.00 bits per heavy atom. The van der Waals surface area contributed by atoms with Crippen LogP contribution in [0.4, 0.5) is 0 Å². The van der Waals surface area contributed by atoms with Gasteiger partial charge in [-0.25, -0.2) is 0 Å². The molecule has 2 atom stereocenters. The van der Waals surface area contributed by atoms with Gasteiger partial charge < -0.3 is 15.5 Å². The predicted molar refractivity (Wildman–Crippen MR) is 84.9 cm³/mol. The molecule has 0 saturated heterocycles. The lowest BCUT2D eigenvalue weighted by Crippen LogP contribution is -2.30. The summed E-state index contributed by atoms with van der Waals surface area (Å²) in [6.45, 7) is 2.66. The largest absolute Gasteiger partial charge is 0.392 e. The molecule has 0 saturated carbocycles. The minimum atomic E-state index is -0.407. The minimum Gasteiger partial charge on any atom is -0.392 e. The number of rotatable bonds is 7. The number of hydrogen-bond donors (Lipinski definition) is 3. The van der Waals surface area contributed by atoms with Crippen LogP contribution in [0.5, 0.6) is 0 Å². The Kier molecular flexibility index (Phi) is 5.93. The number of aliphatic hydroxyl groups excluding tert-OH is 2. The minimum absolute atomic E-state index is 0.0528. The summed E-state index contributed by atoms with van der Waals surface area (Å²) in [5, 5.41) is 22.6. The van der Waals surface area contributed by atoms with Crippen LogP contribution in [0.2, 0.25) is 0 Å². The van der Waals surface area contributed by atoms with Crippen LogP contribution in [0.3, 0.4) is 0 Å². The quantitative estimate of drug-likeness (QED) is 0.732. The van der Waals surface area contributed by atoms with Gasteiger partial charge in [-0.3, -0.25) is 0 Å². The van der Waals surface area contributed by atoms with E-state index in [0.29, 0.717) is 13.0 Å². The van der Waals surface area contributed by atoms with E-state index in [9.17, 15) is 5.11 Å². The highest BCUT2D eigenvalue weighted by Gasteiger charge is 2.09. The smallest absolute Gasteiger partial charge is 0.0705 e. The average molecular weight is 285 g/mol. The van der Waals surface area contributed by atoms with Crippen LogP contribution in [0.15, 0.2) is 54.6 Å². The third kappa shape index (κ3) is 4.97. The molecule has 3 N–H and O–H groups in total. The molecular weight excluding hydrogens is 262 g/mol. The van der Waals surface area contributed by atoms with Gasteiger partial charge in [0, 0.05) is 12.6 Å². The van der Waals surface area contributed by atoms with Crippen LogP contribution in [0, 0.1) is 0 Å². The van der Waals surface area contributed by atoms with Crippen LogP contribution >= 0.6 is 0 Å². The molecule has 0 aliphatic heterocycles. The Balaban J connectivity index is 1.84. The molecule has 2 rings (SSSR count). The molecule has 0 amide bonds. The molecule has 3 nitrogen and oxygen atoms in total. The molecular formula is C18H23NO2. The highest BCUT2D eigenvalue weighted by molar-refractivity contribution is 5.25. The predicted octanol–water partition coefficient (Wildman–Crippen LogP) is 2.43. The van der Waals surface area contributed by atoms with Crippen molar-refractivity contribution in [3.8, 4) is 0 Å². The monoisotopic (exact) mass is 285 g/mol. The molecule has 0 bridgehead atoms. The van der Waals surface area contributed by atoms with Gasteiger partial charge >= 0.3 is 0 Å². The molecule has 0 spiro atoms. The number of benzene rings is 2. The van der Waals surface area contributed by atoms with Crippen molar-refractivity contribution in [1.82, 2.24) is 5.32 Å². The molecule has 0 aliphatic rings. The number of nitrogens with one attached hydrogen (secondary N) is 1. The van der Waals surface area contributed by atoms with Crippen molar-refractivity contribution in [3.63, 3.8) is 0 Å². The van der Waals surface area contributed by atoms with E-state index in [1.54, 1.807) is 0 Å². The average Bonchev–Trinajstić information content (AvgIpc) is 2.53. The summed E-state index contributed by atoms with van der Waals surface area (Å²) in [6.07, 6.45) is 0.243. The third-order valence-electron chi connectivity index (χ3n) is 3.61. The highest BCUT2D eigenvalue weighted by Crippen LogP contribution is 2.14. The zero-order valence-electron chi connectivity index (χ0n) is 12.4.